The van der Waals surface area contributed by atoms with Crippen molar-refractivity contribution in [2.45, 2.75) is 59.2 Å². The van der Waals surface area contributed by atoms with Crippen molar-refractivity contribution in [1.82, 2.24) is 20.2 Å². The van der Waals surface area contributed by atoms with Gasteiger partial charge in [0.15, 0.2) is 0 Å². The molecule has 236 valence electrons. The molecule has 5 N–H and O–H groups in total. The van der Waals surface area contributed by atoms with Gasteiger partial charge in [0.1, 0.15) is 17.1 Å². The number of ether oxygens (including phenoxy) is 1. The summed E-state index contributed by atoms with van der Waals surface area (Å²) in [5.41, 5.74) is 11.0. The minimum atomic E-state index is -1.12. The third-order valence-electron chi connectivity index (χ3n) is 7.99. The minimum Gasteiger partial charge on any atom is -0.496 e. The van der Waals surface area contributed by atoms with Crippen LogP contribution in [0.2, 0.25) is 0 Å². The number of rotatable bonds is 14. The van der Waals surface area contributed by atoms with Gasteiger partial charge < -0.3 is 30.8 Å². The molecular formula is C35H41N5O5. The number of H-pyrrole nitrogens is 1. The van der Waals surface area contributed by atoms with Crippen molar-refractivity contribution in [2.24, 2.45) is 5.73 Å². The second-order valence-electron chi connectivity index (χ2n) is 11.2. The highest BCUT2D eigenvalue weighted by molar-refractivity contribution is 5.93. The maximum Gasteiger partial charge on any atom is 0.339 e. The zero-order chi connectivity index (χ0) is 32.7. The van der Waals surface area contributed by atoms with Gasteiger partial charge in [-0.1, -0.05) is 43.3 Å². The Bertz CT molecular complexity index is 1640. The molecule has 0 fully saturated rings. The summed E-state index contributed by atoms with van der Waals surface area (Å²) in [7, 11) is 1.42. The van der Waals surface area contributed by atoms with Gasteiger partial charge in [-0.15, -0.1) is 0 Å². The number of primary amides is 1. The van der Waals surface area contributed by atoms with Gasteiger partial charge in [-0.05, 0) is 86.7 Å². The van der Waals surface area contributed by atoms with Crippen LogP contribution in [0.1, 0.15) is 75.1 Å². The van der Waals surface area contributed by atoms with Crippen molar-refractivity contribution < 1.29 is 24.2 Å². The molecule has 0 spiro atoms. The molecule has 0 aliphatic heterocycles. The number of carbonyl (C=O) groups is 3. The number of aromatic amines is 1. The molecule has 2 unspecified atom stereocenters. The third kappa shape index (κ3) is 7.77. The van der Waals surface area contributed by atoms with Crippen LogP contribution in [0.4, 0.5) is 0 Å². The molecule has 45 heavy (non-hydrogen) atoms. The average Bonchev–Trinajstić information content (AvgIpc) is 3.53. The first-order valence-electron chi connectivity index (χ1n) is 15.0. The van der Waals surface area contributed by atoms with Crippen LogP contribution < -0.4 is 15.8 Å². The molecule has 2 amide bonds. The highest BCUT2D eigenvalue weighted by Crippen LogP contribution is 2.28. The van der Waals surface area contributed by atoms with E-state index in [-0.39, 0.29) is 23.8 Å². The number of hydrogen-bond acceptors (Lipinski definition) is 6. The van der Waals surface area contributed by atoms with Crippen LogP contribution in [0.5, 0.6) is 5.75 Å². The van der Waals surface area contributed by atoms with Gasteiger partial charge in [0, 0.05) is 23.9 Å². The van der Waals surface area contributed by atoms with Crippen LogP contribution in [0.3, 0.4) is 0 Å². The van der Waals surface area contributed by atoms with Crippen LogP contribution in [0, 0.1) is 13.8 Å². The van der Waals surface area contributed by atoms with E-state index in [9.17, 15) is 19.5 Å². The normalized spacial score (nSPS) is 12.4. The van der Waals surface area contributed by atoms with Crippen molar-refractivity contribution in [1.29, 1.82) is 0 Å². The number of hydrogen-bond donors (Lipinski definition) is 4. The molecule has 0 saturated carbocycles. The van der Waals surface area contributed by atoms with Crippen molar-refractivity contribution in [2.75, 3.05) is 13.7 Å². The molecule has 3 aromatic carbocycles. The molecule has 2 atom stereocenters. The minimum absolute atomic E-state index is 0.0147. The molecule has 0 saturated heterocycles. The molecule has 0 aliphatic rings. The monoisotopic (exact) mass is 611 g/mol. The summed E-state index contributed by atoms with van der Waals surface area (Å²) >= 11 is 0. The summed E-state index contributed by atoms with van der Waals surface area (Å²) in [5.74, 6) is -0.951. The fraction of sp³-hybridized carbons (Fsp3) is 0.314. The average molecular weight is 612 g/mol. The summed E-state index contributed by atoms with van der Waals surface area (Å²) < 4.78 is 5.25. The Labute approximate surface area is 263 Å². The molecule has 10 heteroatoms. The lowest BCUT2D eigenvalue weighted by atomic mass is 9.93. The van der Waals surface area contributed by atoms with E-state index in [1.54, 1.807) is 29.2 Å². The number of nitrogens with one attached hydrogen (secondary N) is 2. The van der Waals surface area contributed by atoms with Crippen molar-refractivity contribution in [3.8, 4) is 17.0 Å². The number of imidazole rings is 1. The lowest BCUT2D eigenvalue weighted by Crippen LogP contribution is -2.48. The molecule has 0 bridgehead atoms. The summed E-state index contributed by atoms with van der Waals surface area (Å²) in [4.78, 5) is 48.2. The topological polar surface area (TPSA) is 151 Å². The smallest absolute Gasteiger partial charge is 0.339 e. The predicted molar refractivity (Wildman–Crippen MR) is 173 cm³/mol. The van der Waals surface area contributed by atoms with Gasteiger partial charge in [-0.25, -0.2) is 9.78 Å². The number of aromatic nitrogens is 2. The van der Waals surface area contributed by atoms with Crippen LogP contribution in [-0.2, 0) is 17.8 Å². The van der Waals surface area contributed by atoms with Gasteiger partial charge in [0.05, 0.1) is 24.9 Å². The van der Waals surface area contributed by atoms with E-state index in [0.717, 1.165) is 34.4 Å². The van der Waals surface area contributed by atoms with Crippen LogP contribution >= 0.6 is 0 Å². The Balaban J connectivity index is 1.75. The summed E-state index contributed by atoms with van der Waals surface area (Å²) in [6, 6.07) is 17.1. The zero-order valence-electron chi connectivity index (χ0n) is 26.4. The third-order valence-corrected chi connectivity index (χ3v) is 7.99. The highest BCUT2D eigenvalue weighted by Gasteiger charge is 2.31. The summed E-state index contributed by atoms with van der Waals surface area (Å²) in [6.07, 6.45) is 3.02. The molecule has 0 aliphatic carbocycles. The largest absolute Gasteiger partial charge is 0.496 e. The van der Waals surface area contributed by atoms with Crippen LogP contribution in [0.15, 0.2) is 66.9 Å². The van der Waals surface area contributed by atoms with Crippen molar-refractivity contribution in [3.05, 3.63) is 106 Å². The quantitative estimate of drug-likeness (QED) is 0.153. The number of carboxylic acids is 1. The van der Waals surface area contributed by atoms with Crippen molar-refractivity contribution in [3.63, 3.8) is 0 Å². The Morgan fingerprint density at radius 3 is 2.36 bits per heavy atom. The zero-order valence-corrected chi connectivity index (χ0v) is 26.4. The van der Waals surface area contributed by atoms with Crippen LogP contribution in [0.25, 0.3) is 11.3 Å². The maximum atomic E-state index is 14.6. The van der Waals surface area contributed by atoms with E-state index in [2.05, 4.69) is 10.3 Å². The molecule has 4 rings (SSSR count). The van der Waals surface area contributed by atoms with E-state index in [1.807, 2.05) is 64.2 Å². The number of aryl methyl sites for hydroxylation is 2. The Kier molecular flexibility index (Phi) is 10.7. The Hall–Kier alpha value is -4.96. The highest BCUT2D eigenvalue weighted by atomic mass is 16.5. The predicted octanol–water partition coefficient (Wildman–Crippen LogP) is 5.20. The molecular weight excluding hydrogens is 570 g/mol. The van der Waals surface area contributed by atoms with Gasteiger partial charge in [0.2, 0.25) is 11.8 Å². The molecule has 1 heterocycles. The number of nitrogens with two attached hydrogens (primary N) is 1. The number of methoxy groups -OCH3 is 1. The van der Waals surface area contributed by atoms with Crippen LogP contribution in [-0.4, -0.2) is 57.5 Å². The van der Waals surface area contributed by atoms with Crippen molar-refractivity contribution >= 4 is 17.8 Å². The fourth-order valence-corrected chi connectivity index (χ4v) is 5.51. The number of carboxylic acid groups (broad SMARTS) is 1. The number of nitrogens with zero attached hydrogens (tertiary/aromatic N) is 2. The van der Waals surface area contributed by atoms with Gasteiger partial charge in [-0.2, -0.15) is 0 Å². The standard InChI is InChI=1S/C35H41N5O5/c1-6-14-37-29(18-27-21(2)15-26(32(36)41)16-22(27)3)34(42)40(20-24-12-13-31(45-5)28(17-24)35(43)44)23(4)33-38-19-30(39-33)25-10-8-7-9-11-25/h7-13,15-17,19,23,29,37H,6,14,18,20H2,1-5H3,(H2,36,41)(H,38,39)(H,43,44). The van der Waals surface area contributed by atoms with Gasteiger partial charge >= 0.3 is 5.97 Å². The first-order chi connectivity index (χ1) is 21.5. The summed E-state index contributed by atoms with van der Waals surface area (Å²) in [5, 5.41) is 13.2. The van der Waals surface area contributed by atoms with E-state index in [4.69, 9.17) is 15.5 Å². The second kappa shape index (κ2) is 14.7. The van der Waals surface area contributed by atoms with Gasteiger partial charge in [0.25, 0.3) is 0 Å². The first-order valence-corrected chi connectivity index (χ1v) is 15.0. The second-order valence-corrected chi connectivity index (χ2v) is 11.2. The maximum absolute atomic E-state index is 14.6. The van der Waals surface area contributed by atoms with E-state index < -0.39 is 24.0 Å². The summed E-state index contributed by atoms with van der Waals surface area (Å²) in [6.45, 7) is 8.51. The molecule has 4 aromatic rings. The number of carbonyl (C=O) groups excluding carboxylic acids is 2. The molecule has 1 aromatic heterocycles. The molecule has 10 nitrogen and oxygen atoms in total. The number of aromatic carboxylic acids is 1. The number of amides is 2. The van der Waals surface area contributed by atoms with Gasteiger partial charge in [-0.3, -0.25) is 9.59 Å². The lowest BCUT2D eigenvalue weighted by Gasteiger charge is -2.33. The Morgan fingerprint density at radius 2 is 1.76 bits per heavy atom. The van der Waals surface area contributed by atoms with E-state index in [0.29, 0.717) is 29.9 Å². The Morgan fingerprint density at radius 1 is 1.07 bits per heavy atom. The molecule has 0 radical (unpaired) electrons. The first kappa shape index (κ1) is 32.9. The lowest BCUT2D eigenvalue weighted by molar-refractivity contribution is -0.136. The number of benzene rings is 3. The SMILES string of the molecule is CCCNC(Cc1c(C)cc(C(N)=O)cc1C)C(=O)N(Cc1ccc(OC)c(C(=O)O)c1)C(C)c1nc(-c2ccccc2)c[nH]1. The van der Waals surface area contributed by atoms with E-state index in [1.165, 1.54) is 13.2 Å². The fourth-order valence-electron chi connectivity index (χ4n) is 5.51. The van der Waals surface area contributed by atoms with E-state index >= 15 is 0 Å².